The van der Waals surface area contributed by atoms with Gasteiger partial charge in [0, 0.05) is 19.2 Å². The maximum atomic E-state index is 11.6. The minimum absolute atomic E-state index is 0.0955. The number of nitrogens with zero attached hydrogens (tertiary/aromatic N) is 2. The predicted molar refractivity (Wildman–Crippen MR) is 58.1 cm³/mol. The maximum Gasteiger partial charge on any atom is 0.273 e. The van der Waals surface area contributed by atoms with Gasteiger partial charge in [0.2, 0.25) is 0 Å². The Morgan fingerprint density at radius 2 is 2.20 bits per heavy atom. The summed E-state index contributed by atoms with van der Waals surface area (Å²) in [5, 5.41) is 10.9. The van der Waals surface area contributed by atoms with Crippen LogP contribution in [0.3, 0.4) is 0 Å². The molecule has 1 aromatic heterocycles. The quantitative estimate of drug-likeness (QED) is 0.446. The third-order valence-corrected chi connectivity index (χ3v) is 3.02. The molecule has 0 radical (unpaired) electrons. The number of nitrogen functional groups attached to an aromatic ring is 1. The molecule has 15 heavy (non-hydrogen) atoms. The summed E-state index contributed by atoms with van der Waals surface area (Å²) in [7, 11) is 1.60. The maximum absolute atomic E-state index is 11.6. The fraction of sp³-hybridized carbons (Fsp3) is 0.125. The summed E-state index contributed by atoms with van der Waals surface area (Å²) in [4.78, 5) is 21.6. The lowest BCUT2D eigenvalue weighted by Crippen LogP contribution is -2.09. The van der Waals surface area contributed by atoms with Crippen LogP contribution >= 0.6 is 11.5 Å². The van der Waals surface area contributed by atoms with E-state index in [0.717, 1.165) is 11.5 Å². The van der Waals surface area contributed by atoms with Crippen LogP contribution in [0.1, 0.15) is 0 Å². The Bertz CT molecular complexity index is 613. The SMILES string of the molecule is Cn1sc2cc([N+](=O)[O-])cc(N)c2c1=O. The normalized spacial score (nSPS) is 10.7. The molecule has 0 aliphatic heterocycles. The molecular formula is C8H7N3O3S. The highest BCUT2D eigenvalue weighted by molar-refractivity contribution is 7.13. The standard InChI is InChI=1S/C8H7N3O3S/c1-10-8(12)7-5(9)2-4(11(13)14)3-6(7)15-10/h2-3H,9H2,1H3. The molecule has 1 aromatic carbocycles. The lowest BCUT2D eigenvalue weighted by Gasteiger charge is -1.94. The van der Waals surface area contributed by atoms with Crippen LogP contribution < -0.4 is 11.3 Å². The fourth-order valence-electron chi connectivity index (χ4n) is 1.37. The van der Waals surface area contributed by atoms with Gasteiger partial charge in [0.1, 0.15) is 0 Å². The average Bonchev–Trinajstić information content (AvgIpc) is 2.42. The number of hydrogen-bond donors (Lipinski definition) is 1. The number of benzene rings is 1. The van der Waals surface area contributed by atoms with Crippen molar-refractivity contribution >= 4 is 33.0 Å². The van der Waals surface area contributed by atoms with Crippen LogP contribution in [0.15, 0.2) is 16.9 Å². The largest absolute Gasteiger partial charge is 0.398 e. The van der Waals surface area contributed by atoms with Gasteiger partial charge in [-0.15, -0.1) is 0 Å². The van der Waals surface area contributed by atoms with Gasteiger partial charge in [-0.25, -0.2) is 0 Å². The van der Waals surface area contributed by atoms with Crippen molar-refractivity contribution in [1.82, 2.24) is 3.96 Å². The number of aryl methyl sites for hydroxylation is 1. The number of fused-ring (bicyclic) bond motifs is 1. The van der Waals surface area contributed by atoms with Crippen molar-refractivity contribution in [1.29, 1.82) is 0 Å². The molecule has 0 aliphatic rings. The van der Waals surface area contributed by atoms with E-state index < -0.39 is 4.92 Å². The molecule has 0 bridgehead atoms. The molecule has 0 fully saturated rings. The average molecular weight is 225 g/mol. The first-order chi connectivity index (χ1) is 7.00. The van der Waals surface area contributed by atoms with Gasteiger partial charge in [-0.3, -0.25) is 18.9 Å². The smallest absolute Gasteiger partial charge is 0.273 e. The zero-order valence-electron chi connectivity index (χ0n) is 7.76. The second-order valence-electron chi connectivity index (χ2n) is 3.06. The van der Waals surface area contributed by atoms with Gasteiger partial charge in [-0.1, -0.05) is 11.5 Å². The van der Waals surface area contributed by atoms with Crippen molar-refractivity contribution in [2.45, 2.75) is 0 Å². The Labute approximate surface area is 87.8 Å². The molecule has 1 heterocycles. The van der Waals surface area contributed by atoms with Crippen molar-refractivity contribution in [3.8, 4) is 0 Å². The van der Waals surface area contributed by atoms with Gasteiger partial charge >= 0.3 is 0 Å². The lowest BCUT2D eigenvalue weighted by molar-refractivity contribution is -0.384. The molecule has 0 amide bonds. The predicted octanol–water partition coefficient (Wildman–Crippen LogP) is 1.09. The minimum Gasteiger partial charge on any atom is -0.398 e. The van der Waals surface area contributed by atoms with Gasteiger partial charge < -0.3 is 5.73 Å². The molecule has 6 nitrogen and oxygen atoms in total. The summed E-state index contributed by atoms with van der Waals surface area (Å²) >= 11 is 1.14. The molecule has 2 rings (SSSR count). The highest BCUT2D eigenvalue weighted by atomic mass is 32.1. The third-order valence-electron chi connectivity index (χ3n) is 2.06. The molecule has 0 saturated carbocycles. The van der Waals surface area contributed by atoms with Crippen LogP contribution in [0.2, 0.25) is 0 Å². The molecule has 0 aliphatic carbocycles. The number of nitro benzene ring substituents is 1. The lowest BCUT2D eigenvalue weighted by atomic mass is 10.2. The minimum atomic E-state index is -0.528. The molecule has 0 spiro atoms. The van der Waals surface area contributed by atoms with Crippen LogP contribution in [-0.2, 0) is 7.05 Å². The van der Waals surface area contributed by atoms with E-state index in [9.17, 15) is 14.9 Å². The number of nitro groups is 1. The summed E-state index contributed by atoms with van der Waals surface area (Å²) in [6.07, 6.45) is 0. The molecule has 7 heteroatoms. The molecule has 78 valence electrons. The van der Waals surface area contributed by atoms with Gasteiger partial charge in [0.05, 0.1) is 20.7 Å². The van der Waals surface area contributed by atoms with E-state index in [0.29, 0.717) is 10.1 Å². The number of rotatable bonds is 1. The zero-order valence-corrected chi connectivity index (χ0v) is 8.58. The van der Waals surface area contributed by atoms with E-state index in [-0.39, 0.29) is 16.9 Å². The fourth-order valence-corrected chi connectivity index (χ4v) is 2.31. The molecule has 2 aromatic rings. The zero-order chi connectivity index (χ0) is 11.2. The van der Waals surface area contributed by atoms with E-state index in [1.807, 2.05) is 0 Å². The van der Waals surface area contributed by atoms with Crippen LogP contribution in [0.4, 0.5) is 11.4 Å². The highest BCUT2D eigenvalue weighted by Crippen LogP contribution is 2.27. The Balaban J connectivity index is 2.90. The Kier molecular flexibility index (Phi) is 1.97. The summed E-state index contributed by atoms with van der Waals surface area (Å²) in [5.41, 5.74) is 5.44. The second kappa shape index (κ2) is 3.06. The number of nitrogens with two attached hydrogens (primary N) is 1. The van der Waals surface area contributed by atoms with Crippen LogP contribution in [-0.4, -0.2) is 8.88 Å². The summed E-state index contributed by atoms with van der Waals surface area (Å²) < 4.78 is 1.93. The Hall–Kier alpha value is -1.89. The molecule has 0 atom stereocenters. The van der Waals surface area contributed by atoms with Crippen LogP contribution in [0.5, 0.6) is 0 Å². The summed E-state index contributed by atoms with van der Waals surface area (Å²) in [6, 6.07) is 2.56. The molecule has 0 saturated heterocycles. The van der Waals surface area contributed by atoms with Gasteiger partial charge in [0.25, 0.3) is 11.2 Å². The van der Waals surface area contributed by atoms with Crippen molar-refractivity contribution in [3.05, 3.63) is 32.6 Å². The second-order valence-corrected chi connectivity index (χ2v) is 4.23. The van der Waals surface area contributed by atoms with E-state index in [1.165, 1.54) is 16.1 Å². The number of anilines is 1. The van der Waals surface area contributed by atoms with E-state index in [2.05, 4.69) is 0 Å². The molecular weight excluding hydrogens is 218 g/mol. The number of aromatic nitrogens is 1. The first kappa shape index (κ1) is 9.66. The third kappa shape index (κ3) is 1.37. The number of non-ortho nitro benzene ring substituents is 1. The summed E-state index contributed by atoms with van der Waals surface area (Å²) in [5.74, 6) is 0. The summed E-state index contributed by atoms with van der Waals surface area (Å²) in [6.45, 7) is 0. The van der Waals surface area contributed by atoms with Crippen molar-refractivity contribution in [3.63, 3.8) is 0 Å². The van der Waals surface area contributed by atoms with E-state index >= 15 is 0 Å². The topological polar surface area (TPSA) is 91.2 Å². The van der Waals surface area contributed by atoms with Crippen molar-refractivity contribution in [2.75, 3.05) is 5.73 Å². The highest BCUT2D eigenvalue weighted by Gasteiger charge is 2.14. The van der Waals surface area contributed by atoms with Gasteiger partial charge in [-0.2, -0.15) is 0 Å². The first-order valence-electron chi connectivity index (χ1n) is 4.04. The molecule has 2 N–H and O–H groups in total. The van der Waals surface area contributed by atoms with E-state index in [1.54, 1.807) is 7.05 Å². The monoisotopic (exact) mass is 225 g/mol. The number of hydrogen-bond acceptors (Lipinski definition) is 5. The van der Waals surface area contributed by atoms with Crippen LogP contribution in [0.25, 0.3) is 10.1 Å². The van der Waals surface area contributed by atoms with Gasteiger partial charge in [-0.05, 0) is 0 Å². The first-order valence-corrected chi connectivity index (χ1v) is 4.82. The Morgan fingerprint density at radius 1 is 1.53 bits per heavy atom. The van der Waals surface area contributed by atoms with E-state index in [4.69, 9.17) is 5.73 Å². The van der Waals surface area contributed by atoms with Crippen LogP contribution in [0, 0.1) is 10.1 Å². The molecule has 0 unspecified atom stereocenters. The van der Waals surface area contributed by atoms with Crippen molar-refractivity contribution in [2.24, 2.45) is 7.05 Å². The van der Waals surface area contributed by atoms with Crippen molar-refractivity contribution < 1.29 is 4.92 Å². The van der Waals surface area contributed by atoms with Gasteiger partial charge in [0.15, 0.2) is 0 Å². The Morgan fingerprint density at radius 3 is 2.80 bits per heavy atom.